The number of rotatable bonds is 3. The Bertz CT molecular complexity index is 594. The van der Waals surface area contributed by atoms with Gasteiger partial charge in [0.05, 0.1) is 0 Å². The van der Waals surface area contributed by atoms with Crippen molar-refractivity contribution in [3.63, 3.8) is 0 Å². The lowest BCUT2D eigenvalue weighted by Crippen LogP contribution is -2.04. The van der Waals surface area contributed by atoms with Crippen LogP contribution in [0.1, 0.15) is 29.6 Å². The second-order valence-corrected chi connectivity index (χ2v) is 4.67. The van der Waals surface area contributed by atoms with E-state index >= 15 is 0 Å². The summed E-state index contributed by atoms with van der Waals surface area (Å²) in [5, 5.41) is 0.388. The van der Waals surface area contributed by atoms with Gasteiger partial charge in [-0.05, 0) is 31.0 Å². The first-order valence-corrected chi connectivity index (χ1v) is 6.34. The van der Waals surface area contributed by atoms with Crippen molar-refractivity contribution in [1.82, 2.24) is 9.97 Å². The maximum Gasteiger partial charge on any atom is 0.135 e. The average Bonchev–Trinajstić information content (AvgIpc) is 2.32. The van der Waals surface area contributed by atoms with E-state index in [1.165, 1.54) is 12.1 Å². The Morgan fingerprint density at radius 3 is 2.32 bits per heavy atom. The molecule has 19 heavy (non-hydrogen) atoms. The molecule has 0 aliphatic heterocycles. The van der Waals surface area contributed by atoms with Crippen LogP contribution in [0.25, 0.3) is 0 Å². The van der Waals surface area contributed by atoms with Crippen LogP contribution in [0.2, 0.25) is 5.15 Å². The molecular formula is C14H13ClF2N2. The molecule has 0 atom stereocenters. The molecule has 1 aromatic heterocycles. The van der Waals surface area contributed by atoms with Crippen LogP contribution in [-0.2, 0) is 12.8 Å². The minimum atomic E-state index is -0.607. The highest BCUT2D eigenvalue weighted by atomic mass is 35.5. The zero-order valence-corrected chi connectivity index (χ0v) is 11.4. The normalized spacial score (nSPS) is 10.8. The van der Waals surface area contributed by atoms with E-state index in [0.717, 1.165) is 23.7 Å². The SMILES string of the molecule is CCc1nc(Cc2cc(F)cc(F)c2)nc(Cl)c1C. The molecule has 0 spiro atoms. The van der Waals surface area contributed by atoms with Gasteiger partial charge in [0.25, 0.3) is 0 Å². The van der Waals surface area contributed by atoms with E-state index in [4.69, 9.17) is 11.6 Å². The monoisotopic (exact) mass is 282 g/mol. The molecule has 1 aromatic carbocycles. The summed E-state index contributed by atoms with van der Waals surface area (Å²) in [6, 6.07) is 3.38. The summed E-state index contributed by atoms with van der Waals surface area (Å²) in [4.78, 5) is 8.51. The van der Waals surface area contributed by atoms with Crippen LogP contribution < -0.4 is 0 Å². The first kappa shape index (κ1) is 13.9. The van der Waals surface area contributed by atoms with Crippen LogP contribution in [0.15, 0.2) is 18.2 Å². The maximum atomic E-state index is 13.1. The topological polar surface area (TPSA) is 25.8 Å². The van der Waals surface area contributed by atoms with Crippen molar-refractivity contribution in [2.45, 2.75) is 26.7 Å². The van der Waals surface area contributed by atoms with E-state index in [9.17, 15) is 8.78 Å². The van der Waals surface area contributed by atoms with Crippen molar-refractivity contribution in [3.8, 4) is 0 Å². The molecule has 100 valence electrons. The van der Waals surface area contributed by atoms with Gasteiger partial charge >= 0.3 is 0 Å². The fourth-order valence-corrected chi connectivity index (χ4v) is 2.11. The van der Waals surface area contributed by atoms with E-state index in [2.05, 4.69) is 9.97 Å². The van der Waals surface area contributed by atoms with E-state index in [0.29, 0.717) is 16.5 Å². The second-order valence-electron chi connectivity index (χ2n) is 4.31. The van der Waals surface area contributed by atoms with Gasteiger partial charge in [-0.15, -0.1) is 0 Å². The lowest BCUT2D eigenvalue weighted by molar-refractivity contribution is 0.580. The first-order valence-electron chi connectivity index (χ1n) is 5.96. The lowest BCUT2D eigenvalue weighted by atomic mass is 10.1. The predicted octanol–water partition coefficient (Wildman–Crippen LogP) is 3.87. The van der Waals surface area contributed by atoms with Crippen LogP contribution in [-0.4, -0.2) is 9.97 Å². The highest BCUT2D eigenvalue weighted by Gasteiger charge is 2.09. The van der Waals surface area contributed by atoms with Gasteiger partial charge in [-0.2, -0.15) is 0 Å². The molecule has 2 rings (SSSR count). The van der Waals surface area contributed by atoms with Crippen molar-refractivity contribution < 1.29 is 8.78 Å². The van der Waals surface area contributed by atoms with Gasteiger partial charge in [0.1, 0.15) is 22.6 Å². The molecule has 0 saturated carbocycles. The van der Waals surface area contributed by atoms with E-state index in [1.54, 1.807) is 0 Å². The third-order valence-corrected chi connectivity index (χ3v) is 3.22. The lowest BCUT2D eigenvalue weighted by Gasteiger charge is -2.08. The summed E-state index contributed by atoms with van der Waals surface area (Å²) in [5.74, 6) is -0.745. The van der Waals surface area contributed by atoms with Crippen molar-refractivity contribution in [1.29, 1.82) is 0 Å². The summed E-state index contributed by atoms with van der Waals surface area (Å²) in [6.45, 7) is 3.82. The minimum Gasteiger partial charge on any atom is -0.237 e. The van der Waals surface area contributed by atoms with Crippen LogP contribution in [0.5, 0.6) is 0 Å². The van der Waals surface area contributed by atoms with Gasteiger partial charge in [-0.1, -0.05) is 18.5 Å². The summed E-state index contributed by atoms with van der Waals surface area (Å²) in [7, 11) is 0. The first-order chi connectivity index (χ1) is 8.99. The molecule has 0 fully saturated rings. The average molecular weight is 283 g/mol. The van der Waals surface area contributed by atoms with Crippen molar-refractivity contribution in [2.75, 3.05) is 0 Å². The Hall–Kier alpha value is -1.55. The Kier molecular flexibility index (Phi) is 4.10. The molecule has 0 aliphatic carbocycles. The number of benzene rings is 1. The Balaban J connectivity index is 2.35. The highest BCUT2D eigenvalue weighted by molar-refractivity contribution is 6.30. The Morgan fingerprint density at radius 1 is 1.11 bits per heavy atom. The van der Waals surface area contributed by atoms with E-state index in [-0.39, 0.29) is 6.42 Å². The fraction of sp³-hybridized carbons (Fsp3) is 0.286. The van der Waals surface area contributed by atoms with Gasteiger partial charge in [0.2, 0.25) is 0 Å². The number of halogens is 3. The van der Waals surface area contributed by atoms with Crippen molar-refractivity contribution in [2.24, 2.45) is 0 Å². The number of hydrogen-bond acceptors (Lipinski definition) is 2. The van der Waals surface area contributed by atoms with Crippen molar-refractivity contribution >= 4 is 11.6 Å². The Labute approximate surface area is 115 Å². The standard InChI is InChI=1S/C14H13ClF2N2/c1-3-12-8(2)14(15)19-13(18-12)6-9-4-10(16)7-11(17)5-9/h4-5,7H,3,6H2,1-2H3. The van der Waals surface area contributed by atoms with Gasteiger partial charge in [-0.3, -0.25) is 0 Å². The molecule has 0 radical (unpaired) electrons. The maximum absolute atomic E-state index is 13.1. The van der Waals surface area contributed by atoms with Crippen LogP contribution in [0.3, 0.4) is 0 Å². The molecule has 2 nitrogen and oxygen atoms in total. The van der Waals surface area contributed by atoms with Crippen LogP contribution in [0, 0.1) is 18.6 Å². The molecule has 0 N–H and O–H groups in total. The molecule has 0 bridgehead atoms. The smallest absolute Gasteiger partial charge is 0.135 e. The summed E-state index contributed by atoms with van der Waals surface area (Å²) in [5.41, 5.74) is 2.18. The minimum absolute atomic E-state index is 0.252. The van der Waals surface area contributed by atoms with E-state index < -0.39 is 11.6 Å². The largest absolute Gasteiger partial charge is 0.237 e. The molecule has 0 aliphatic rings. The number of aryl methyl sites for hydroxylation is 1. The molecular weight excluding hydrogens is 270 g/mol. The van der Waals surface area contributed by atoms with Gasteiger partial charge in [0, 0.05) is 23.7 Å². The third-order valence-electron chi connectivity index (χ3n) is 2.85. The predicted molar refractivity (Wildman–Crippen MR) is 70.3 cm³/mol. The number of hydrogen-bond donors (Lipinski definition) is 0. The zero-order chi connectivity index (χ0) is 14.0. The summed E-state index contributed by atoms with van der Waals surface area (Å²) < 4.78 is 26.2. The van der Waals surface area contributed by atoms with E-state index in [1.807, 2.05) is 13.8 Å². The highest BCUT2D eigenvalue weighted by Crippen LogP contribution is 2.18. The molecule has 5 heteroatoms. The molecule has 1 heterocycles. The van der Waals surface area contributed by atoms with Gasteiger partial charge in [0.15, 0.2) is 0 Å². The summed E-state index contributed by atoms with van der Waals surface area (Å²) >= 11 is 6.03. The number of nitrogens with zero attached hydrogens (tertiary/aromatic N) is 2. The molecule has 0 amide bonds. The van der Waals surface area contributed by atoms with Crippen molar-refractivity contribution in [3.05, 3.63) is 57.6 Å². The summed E-state index contributed by atoms with van der Waals surface area (Å²) in [6.07, 6.45) is 0.986. The van der Waals surface area contributed by atoms with Crippen LogP contribution >= 0.6 is 11.6 Å². The zero-order valence-electron chi connectivity index (χ0n) is 10.7. The number of aromatic nitrogens is 2. The molecule has 0 saturated heterocycles. The van der Waals surface area contributed by atoms with Crippen LogP contribution in [0.4, 0.5) is 8.78 Å². The fourth-order valence-electron chi connectivity index (χ4n) is 1.90. The second kappa shape index (κ2) is 5.61. The molecule has 2 aromatic rings. The van der Waals surface area contributed by atoms with Gasteiger partial charge < -0.3 is 0 Å². The molecule has 0 unspecified atom stereocenters. The Morgan fingerprint density at radius 2 is 1.74 bits per heavy atom. The quantitative estimate of drug-likeness (QED) is 0.799. The third kappa shape index (κ3) is 3.26. The van der Waals surface area contributed by atoms with Gasteiger partial charge in [-0.25, -0.2) is 18.7 Å².